The van der Waals surface area contributed by atoms with Crippen LogP contribution in [0.3, 0.4) is 0 Å². The van der Waals surface area contributed by atoms with Crippen LogP contribution in [0.1, 0.15) is 0 Å². The molecule has 2 aromatic rings. The van der Waals surface area contributed by atoms with E-state index in [0.717, 1.165) is 23.7 Å². The van der Waals surface area contributed by atoms with E-state index in [2.05, 4.69) is 10.4 Å². The van der Waals surface area contributed by atoms with Crippen molar-refractivity contribution in [1.82, 2.24) is 9.78 Å². The molecule has 0 radical (unpaired) electrons. The smallest absolute Gasteiger partial charge is 0.144 e. The average Bonchev–Trinajstić information content (AvgIpc) is 2.85. The minimum absolute atomic E-state index is 0.597. The molecule has 0 fully saturated rings. The lowest BCUT2D eigenvalue weighted by Crippen LogP contribution is -2.12. The van der Waals surface area contributed by atoms with Gasteiger partial charge in [-0.1, -0.05) is 12.1 Å². The molecule has 0 aliphatic carbocycles. The van der Waals surface area contributed by atoms with E-state index in [1.54, 1.807) is 18.0 Å². The monoisotopic (exact) mass is 232 g/mol. The fourth-order valence-corrected chi connectivity index (χ4v) is 1.58. The van der Waals surface area contributed by atoms with Crippen LogP contribution in [0, 0.1) is 0 Å². The lowest BCUT2D eigenvalue weighted by atomic mass is 10.3. The lowest BCUT2D eigenvalue weighted by molar-refractivity contribution is 0.411. The van der Waals surface area contributed by atoms with Gasteiger partial charge in [-0.05, 0) is 12.1 Å². The number of ether oxygens (including phenoxy) is 1. The van der Waals surface area contributed by atoms with Crippen LogP contribution in [0.2, 0.25) is 0 Å². The molecule has 90 valence electrons. The van der Waals surface area contributed by atoms with Gasteiger partial charge in [-0.2, -0.15) is 5.10 Å². The molecule has 5 heteroatoms. The number of aromatic nitrogens is 2. The fraction of sp³-hybridized carbons (Fsp3) is 0.250. The average molecular weight is 232 g/mol. The van der Waals surface area contributed by atoms with E-state index in [4.69, 9.17) is 10.5 Å². The molecule has 2 rings (SSSR count). The van der Waals surface area contributed by atoms with Gasteiger partial charge < -0.3 is 15.8 Å². The molecule has 3 N–H and O–H groups in total. The molecule has 17 heavy (non-hydrogen) atoms. The van der Waals surface area contributed by atoms with E-state index in [9.17, 15) is 0 Å². The summed E-state index contributed by atoms with van der Waals surface area (Å²) in [6.45, 7) is 1.33. The van der Waals surface area contributed by atoms with Crippen molar-refractivity contribution < 1.29 is 4.74 Å². The van der Waals surface area contributed by atoms with Crippen LogP contribution in [0.5, 0.6) is 5.75 Å². The lowest BCUT2D eigenvalue weighted by Gasteiger charge is -2.07. The Morgan fingerprint density at radius 1 is 1.41 bits per heavy atom. The summed E-state index contributed by atoms with van der Waals surface area (Å²) in [6.07, 6.45) is 3.68. The highest BCUT2D eigenvalue weighted by Crippen LogP contribution is 2.22. The molecule has 0 unspecified atom stereocenters. The number of para-hydroxylation sites is 2. The Morgan fingerprint density at radius 2 is 2.24 bits per heavy atom. The van der Waals surface area contributed by atoms with Crippen LogP contribution in [0.25, 0.3) is 5.69 Å². The normalized spacial score (nSPS) is 10.2. The van der Waals surface area contributed by atoms with Crippen molar-refractivity contribution >= 4 is 5.69 Å². The van der Waals surface area contributed by atoms with Gasteiger partial charge in [0.15, 0.2) is 0 Å². The molecule has 5 nitrogen and oxygen atoms in total. The SMILES string of the molecule is COc1ccccc1-n1cc(NCCN)cn1. The second-order valence-corrected chi connectivity index (χ2v) is 3.56. The molecule has 0 spiro atoms. The van der Waals surface area contributed by atoms with Crippen LogP contribution < -0.4 is 15.8 Å². The number of methoxy groups -OCH3 is 1. The topological polar surface area (TPSA) is 65.1 Å². The Kier molecular flexibility index (Phi) is 3.62. The van der Waals surface area contributed by atoms with E-state index in [1.165, 1.54) is 0 Å². The first-order valence-electron chi connectivity index (χ1n) is 5.47. The van der Waals surface area contributed by atoms with Crippen molar-refractivity contribution in [3.8, 4) is 11.4 Å². The summed E-state index contributed by atoms with van der Waals surface area (Å²) in [5.41, 5.74) is 7.29. The number of hydrogen-bond donors (Lipinski definition) is 2. The minimum atomic E-state index is 0.597. The largest absolute Gasteiger partial charge is 0.494 e. The Morgan fingerprint density at radius 3 is 3.00 bits per heavy atom. The standard InChI is InChI=1S/C12H16N4O/c1-17-12-5-3-2-4-11(12)16-9-10(8-15-16)14-7-6-13/h2-5,8-9,14H,6-7,13H2,1H3. The summed E-state index contributed by atoms with van der Waals surface area (Å²) in [6, 6.07) is 7.74. The highest BCUT2D eigenvalue weighted by atomic mass is 16.5. The molecule has 1 aromatic carbocycles. The van der Waals surface area contributed by atoms with E-state index >= 15 is 0 Å². The second kappa shape index (κ2) is 5.36. The number of rotatable bonds is 5. The third-order valence-corrected chi connectivity index (χ3v) is 2.39. The van der Waals surface area contributed by atoms with Crippen LogP contribution in [0.4, 0.5) is 5.69 Å². The Labute approximate surface area is 100 Å². The molecule has 0 atom stereocenters. The zero-order chi connectivity index (χ0) is 12.1. The van der Waals surface area contributed by atoms with Crippen LogP contribution in [0.15, 0.2) is 36.7 Å². The summed E-state index contributed by atoms with van der Waals surface area (Å²) in [4.78, 5) is 0. The highest BCUT2D eigenvalue weighted by molar-refractivity contribution is 5.49. The molecule has 0 aliphatic heterocycles. The number of benzene rings is 1. The van der Waals surface area contributed by atoms with Gasteiger partial charge in [-0.3, -0.25) is 0 Å². The van der Waals surface area contributed by atoms with E-state index in [1.807, 2.05) is 30.5 Å². The maximum atomic E-state index is 5.43. The number of hydrogen-bond acceptors (Lipinski definition) is 4. The van der Waals surface area contributed by atoms with Crippen LogP contribution in [-0.4, -0.2) is 30.0 Å². The molecule has 0 amide bonds. The maximum absolute atomic E-state index is 5.43. The Balaban J connectivity index is 2.24. The number of nitrogens with one attached hydrogen (secondary N) is 1. The molecule has 0 aliphatic rings. The van der Waals surface area contributed by atoms with E-state index in [-0.39, 0.29) is 0 Å². The summed E-state index contributed by atoms with van der Waals surface area (Å²) in [7, 11) is 1.65. The van der Waals surface area contributed by atoms with Gasteiger partial charge in [-0.25, -0.2) is 4.68 Å². The molecule has 1 aromatic heterocycles. The number of anilines is 1. The van der Waals surface area contributed by atoms with Crippen molar-refractivity contribution in [1.29, 1.82) is 0 Å². The summed E-state index contributed by atoms with van der Waals surface area (Å²) < 4.78 is 7.06. The van der Waals surface area contributed by atoms with Gasteiger partial charge >= 0.3 is 0 Å². The molecule has 1 heterocycles. The van der Waals surface area contributed by atoms with Gasteiger partial charge in [0.05, 0.1) is 25.2 Å². The van der Waals surface area contributed by atoms with Gasteiger partial charge in [0.1, 0.15) is 11.4 Å². The molecule has 0 saturated carbocycles. The molecule has 0 saturated heterocycles. The Hall–Kier alpha value is -2.01. The zero-order valence-electron chi connectivity index (χ0n) is 9.76. The van der Waals surface area contributed by atoms with Gasteiger partial charge in [-0.15, -0.1) is 0 Å². The van der Waals surface area contributed by atoms with Crippen LogP contribution in [-0.2, 0) is 0 Å². The van der Waals surface area contributed by atoms with Gasteiger partial charge in [0.2, 0.25) is 0 Å². The van der Waals surface area contributed by atoms with Gasteiger partial charge in [0, 0.05) is 13.1 Å². The first kappa shape index (κ1) is 11.5. The highest BCUT2D eigenvalue weighted by Gasteiger charge is 2.05. The quantitative estimate of drug-likeness (QED) is 0.814. The van der Waals surface area contributed by atoms with Crippen molar-refractivity contribution in [2.75, 3.05) is 25.5 Å². The zero-order valence-corrected chi connectivity index (χ0v) is 9.76. The molecule has 0 bridgehead atoms. The first-order chi connectivity index (χ1) is 8.35. The minimum Gasteiger partial charge on any atom is -0.494 e. The van der Waals surface area contributed by atoms with E-state index in [0.29, 0.717) is 6.54 Å². The summed E-state index contributed by atoms with van der Waals surface area (Å²) in [5, 5.41) is 7.45. The van der Waals surface area contributed by atoms with Crippen molar-refractivity contribution in [2.24, 2.45) is 5.73 Å². The third kappa shape index (κ3) is 2.57. The second-order valence-electron chi connectivity index (χ2n) is 3.56. The van der Waals surface area contributed by atoms with Crippen molar-refractivity contribution in [2.45, 2.75) is 0 Å². The predicted molar refractivity (Wildman–Crippen MR) is 67.7 cm³/mol. The third-order valence-electron chi connectivity index (χ3n) is 2.39. The summed E-state index contributed by atoms with van der Waals surface area (Å²) >= 11 is 0. The van der Waals surface area contributed by atoms with Crippen molar-refractivity contribution in [3.63, 3.8) is 0 Å². The van der Waals surface area contributed by atoms with Crippen molar-refractivity contribution in [3.05, 3.63) is 36.7 Å². The Bertz CT molecular complexity index is 481. The molecular formula is C12H16N4O. The predicted octanol–water partition coefficient (Wildman–Crippen LogP) is 1.25. The fourth-order valence-electron chi connectivity index (χ4n) is 1.58. The van der Waals surface area contributed by atoms with E-state index < -0.39 is 0 Å². The molecular weight excluding hydrogens is 216 g/mol. The first-order valence-corrected chi connectivity index (χ1v) is 5.47. The van der Waals surface area contributed by atoms with Gasteiger partial charge in [0.25, 0.3) is 0 Å². The number of nitrogens with zero attached hydrogens (tertiary/aromatic N) is 2. The maximum Gasteiger partial charge on any atom is 0.144 e. The summed E-state index contributed by atoms with van der Waals surface area (Å²) in [5.74, 6) is 0.793. The van der Waals surface area contributed by atoms with Crippen LogP contribution >= 0.6 is 0 Å². The number of nitrogens with two attached hydrogens (primary N) is 1.